The molecule has 0 saturated carbocycles. The number of hydrogen-bond donors (Lipinski definition) is 1. The minimum Gasteiger partial charge on any atom is -0.336 e. The molecule has 0 saturated heterocycles. The number of nitrogens with zero attached hydrogens (tertiary/aromatic N) is 1. The van der Waals surface area contributed by atoms with Crippen molar-refractivity contribution in [2.45, 2.75) is 33.6 Å². The summed E-state index contributed by atoms with van der Waals surface area (Å²) in [6.45, 7) is 6.07. The van der Waals surface area contributed by atoms with Gasteiger partial charge in [0.25, 0.3) is 0 Å². The second-order valence-electron chi connectivity index (χ2n) is 6.53. The Labute approximate surface area is 149 Å². The molecule has 0 aliphatic rings. The lowest BCUT2D eigenvalue weighted by molar-refractivity contribution is -0.133. The molecule has 25 heavy (non-hydrogen) atoms. The molecule has 4 nitrogen and oxygen atoms in total. The summed E-state index contributed by atoms with van der Waals surface area (Å²) in [4.78, 5) is 25.9. The fourth-order valence-electron chi connectivity index (χ4n) is 2.58. The number of rotatable bonds is 6. The molecule has 4 heteroatoms. The molecule has 1 N–H and O–H groups in total. The van der Waals surface area contributed by atoms with E-state index in [-0.39, 0.29) is 18.4 Å². The van der Waals surface area contributed by atoms with E-state index in [1.807, 2.05) is 63.2 Å². The van der Waals surface area contributed by atoms with Crippen molar-refractivity contribution in [3.8, 4) is 0 Å². The van der Waals surface area contributed by atoms with Crippen LogP contribution in [-0.4, -0.2) is 30.3 Å². The lowest BCUT2D eigenvalue weighted by Gasteiger charge is -2.18. The number of anilines is 1. The average molecular weight is 338 g/mol. The molecule has 0 atom stereocenters. The first-order valence-electron chi connectivity index (χ1n) is 8.52. The predicted octanol–water partition coefficient (Wildman–Crippen LogP) is 3.64. The van der Waals surface area contributed by atoms with Crippen LogP contribution < -0.4 is 5.32 Å². The van der Waals surface area contributed by atoms with Gasteiger partial charge in [-0.15, -0.1) is 0 Å². The van der Waals surface area contributed by atoms with Gasteiger partial charge in [0.1, 0.15) is 0 Å². The van der Waals surface area contributed by atoms with Crippen molar-refractivity contribution < 1.29 is 9.59 Å². The molecule has 0 aromatic heterocycles. The van der Waals surface area contributed by atoms with E-state index in [1.54, 1.807) is 7.05 Å². The first kappa shape index (κ1) is 18.7. The third-order valence-electron chi connectivity index (χ3n) is 4.43. The molecule has 0 heterocycles. The Morgan fingerprint density at radius 1 is 1.00 bits per heavy atom. The number of carbonyl (C=O) groups excluding carboxylic acids is 2. The van der Waals surface area contributed by atoms with Gasteiger partial charge in [0, 0.05) is 19.2 Å². The van der Waals surface area contributed by atoms with Gasteiger partial charge in [-0.2, -0.15) is 0 Å². The van der Waals surface area contributed by atoms with Crippen molar-refractivity contribution >= 4 is 17.5 Å². The van der Waals surface area contributed by atoms with Crippen LogP contribution in [0.3, 0.4) is 0 Å². The monoisotopic (exact) mass is 338 g/mol. The summed E-state index contributed by atoms with van der Waals surface area (Å²) in [5, 5.41) is 2.88. The van der Waals surface area contributed by atoms with E-state index in [1.165, 1.54) is 10.5 Å². The quantitative estimate of drug-likeness (QED) is 0.874. The molecule has 0 aliphatic carbocycles. The maximum atomic E-state index is 12.2. The maximum Gasteiger partial charge on any atom is 0.243 e. The zero-order valence-corrected chi connectivity index (χ0v) is 15.4. The summed E-state index contributed by atoms with van der Waals surface area (Å²) in [5.74, 6) is -0.212. The molecule has 0 spiro atoms. The summed E-state index contributed by atoms with van der Waals surface area (Å²) < 4.78 is 0. The highest BCUT2D eigenvalue weighted by atomic mass is 16.2. The van der Waals surface area contributed by atoms with Crippen molar-refractivity contribution in [2.75, 3.05) is 18.9 Å². The van der Waals surface area contributed by atoms with Crippen molar-refractivity contribution in [3.05, 3.63) is 64.7 Å². The van der Waals surface area contributed by atoms with E-state index in [0.29, 0.717) is 12.8 Å². The van der Waals surface area contributed by atoms with Crippen LogP contribution in [0, 0.1) is 20.8 Å². The zero-order valence-electron chi connectivity index (χ0n) is 15.4. The summed E-state index contributed by atoms with van der Waals surface area (Å²) >= 11 is 0. The highest BCUT2D eigenvalue weighted by molar-refractivity contribution is 5.95. The topological polar surface area (TPSA) is 49.4 Å². The van der Waals surface area contributed by atoms with Gasteiger partial charge in [-0.3, -0.25) is 9.59 Å². The van der Waals surface area contributed by atoms with Crippen LogP contribution in [0.1, 0.15) is 28.7 Å². The van der Waals surface area contributed by atoms with Crippen molar-refractivity contribution in [1.82, 2.24) is 4.90 Å². The van der Waals surface area contributed by atoms with Gasteiger partial charge < -0.3 is 10.2 Å². The van der Waals surface area contributed by atoms with Crippen LogP contribution in [0.4, 0.5) is 5.69 Å². The van der Waals surface area contributed by atoms with Gasteiger partial charge >= 0.3 is 0 Å². The average Bonchev–Trinajstić information content (AvgIpc) is 2.58. The number of benzene rings is 2. The van der Waals surface area contributed by atoms with E-state index in [9.17, 15) is 9.59 Å². The Hall–Kier alpha value is -2.62. The highest BCUT2D eigenvalue weighted by Gasteiger charge is 2.14. The van der Waals surface area contributed by atoms with E-state index in [2.05, 4.69) is 5.32 Å². The van der Waals surface area contributed by atoms with Crippen molar-refractivity contribution in [3.63, 3.8) is 0 Å². The summed E-state index contributed by atoms with van der Waals surface area (Å²) in [5.41, 5.74) is 5.30. The Balaban J connectivity index is 1.84. The lowest BCUT2D eigenvalue weighted by atomic mass is 10.1. The fraction of sp³-hybridized carbons (Fsp3) is 0.333. The Bertz CT molecular complexity index is 751. The van der Waals surface area contributed by atoms with Crippen LogP contribution in [0.25, 0.3) is 0 Å². The normalized spacial score (nSPS) is 10.4. The minimum absolute atomic E-state index is 0.0308. The molecule has 2 aromatic rings. The third-order valence-corrected chi connectivity index (χ3v) is 4.43. The number of hydrogen-bond acceptors (Lipinski definition) is 2. The number of carbonyl (C=O) groups is 2. The first-order valence-corrected chi connectivity index (χ1v) is 8.52. The number of amides is 2. The van der Waals surface area contributed by atoms with Crippen LogP contribution in [0.2, 0.25) is 0 Å². The SMILES string of the molecule is Cc1ccc(CCC(=O)N(C)CC(=O)Nc2cccc(C)c2C)cc1. The largest absolute Gasteiger partial charge is 0.336 e. The first-order chi connectivity index (χ1) is 11.9. The smallest absolute Gasteiger partial charge is 0.243 e. The van der Waals surface area contributed by atoms with Gasteiger partial charge in [0.2, 0.25) is 11.8 Å². The predicted molar refractivity (Wildman–Crippen MR) is 102 cm³/mol. The molecule has 2 rings (SSSR count). The number of likely N-dealkylation sites (N-methyl/N-ethyl adjacent to an activating group) is 1. The molecule has 0 radical (unpaired) electrons. The highest BCUT2D eigenvalue weighted by Crippen LogP contribution is 2.17. The van der Waals surface area contributed by atoms with Gasteiger partial charge in [0.15, 0.2) is 0 Å². The number of aryl methyl sites for hydroxylation is 3. The van der Waals surface area contributed by atoms with Gasteiger partial charge in [0.05, 0.1) is 6.54 Å². The second-order valence-corrected chi connectivity index (χ2v) is 6.53. The van der Waals surface area contributed by atoms with E-state index in [4.69, 9.17) is 0 Å². The van der Waals surface area contributed by atoms with Gasteiger partial charge in [-0.05, 0) is 49.9 Å². The van der Waals surface area contributed by atoms with Gasteiger partial charge in [-0.25, -0.2) is 0 Å². The summed E-state index contributed by atoms with van der Waals surface area (Å²) in [7, 11) is 1.67. The fourth-order valence-corrected chi connectivity index (χ4v) is 2.58. The molecule has 0 bridgehead atoms. The van der Waals surface area contributed by atoms with E-state index in [0.717, 1.165) is 22.4 Å². The molecular weight excluding hydrogens is 312 g/mol. The zero-order chi connectivity index (χ0) is 18.4. The molecule has 2 aromatic carbocycles. The summed E-state index contributed by atoms with van der Waals surface area (Å²) in [6, 6.07) is 14.0. The molecule has 0 aliphatic heterocycles. The van der Waals surface area contributed by atoms with Crippen LogP contribution in [0.5, 0.6) is 0 Å². The molecule has 2 amide bonds. The molecule has 0 fully saturated rings. The molecule has 132 valence electrons. The summed E-state index contributed by atoms with van der Waals surface area (Å²) in [6.07, 6.45) is 1.08. The molecular formula is C21H26N2O2. The van der Waals surface area contributed by atoms with E-state index >= 15 is 0 Å². The van der Waals surface area contributed by atoms with Crippen LogP contribution in [0.15, 0.2) is 42.5 Å². The maximum absolute atomic E-state index is 12.2. The Morgan fingerprint density at radius 3 is 2.36 bits per heavy atom. The molecule has 0 unspecified atom stereocenters. The lowest BCUT2D eigenvalue weighted by Crippen LogP contribution is -2.35. The van der Waals surface area contributed by atoms with Crippen molar-refractivity contribution in [2.24, 2.45) is 0 Å². The Kier molecular flexibility index (Phi) is 6.34. The number of nitrogens with one attached hydrogen (secondary N) is 1. The van der Waals surface area contributed by atoms with Crippen LogP contribution in [-0.2, 0) is 16.0 Å². The minimum atomic E-state index is -0.181. The van der Waals surface area contributed by atoms with E-state index < -0.39 is 0 Å². The Morgan fingerprint density at radius 2 is 1.68 bits per heavy atom. The second kappa shape index (κ2) is 8.47. The van der Waals surface area contributed by atoms with Crippen molar-refractivity contribution in [1.29, 1.82) is 0 Å². The third kappa shape index (κ3) is 5.45. The van der Waals surface area contributed by atoms with Gasteiger partial charge in [-0.1, -0.05) is 42.0 Å². The standard InChI is InChI=1S/C21H26N2O2/c1-15-8-10-18(11-9-15)12-13-21(25)23(4)14-20(24)22-19-7-5-6-16(2)17(19)3/h5-11H,12-14H2,1-4H3,(H,22,24). The van der Waals surface area contributed by atoms with Crippen LogP contribution >= 0.6 is 0 Å².